The SMILES string of the molecule is CC(C)OCC(NC(=O)C1=NONC1)c1cn2ncc(C(C3CC3)N3CCCNC3=O)cc2n1. The summed E-state index contributed by atoms with van der Waals surface area (Å²) in [7, 11) is 0. The van der Waals surface area contributed by atoms with Gasteiger partial charge in [0.15, 0.2) is 11.4 Å². The zero-order valence-electron chi connectivity index (χ0n) is 19.4. The van der Waals surface area contributed by atoms with Crippen LogP contribution in [0.1, 0.15) is 56.5 Å². The number of nitrogens with one attached hydrogen (secondary N) is 3. The highest BCUT2D eigenvalue weighted by atomic mass is 16.8. The lowest BCUT2D eigenvalue weighted by Gasteiger charge is -2.35. The van der Waals surface area contributed by atoms with Gasteiger partial charge in [0.25, 0.3) is 5.91 Å². The highest BCUT2D eigenvalue weighted by Crippen LogP contribution is 2.45. The highest BCUT2D eigenvalue weighted by Gasteiger charge is 2.39. The molecule has 34 heavy (non-hydrogen) atoms. The molecule has 1 aliphatic carbocycles. The van der Waals surface area contributed by atoms with E-state index in [2.05, 4.69) is 26.4 Å². The van der Waals surface area contributed by atoms with Gasteiger partial charge in [-0.2, -0.15) is 5.10 Å². The number of fused-ring (bicyclic) bond motifs is 1. The van der Waals surface area contributed by atoms with E-state index in [-0.39, 0.29) is 42.9 Å². The summed E-state index contributed by atoms with van der Waals surface area (Å²) in [5, 5.41) is 14.2. The number of ether oxygens (including phenoxy) is 1. The summed E-state index contributed by atoms with van der Waals surface area (Å²) < 4.78 is 7.47. The quantitative estimate of drug-likeness (QED) is 0.499. The standard InChI is InChI=1S/C22H30N8O4/c1-13(2)33-12-18(27-21(31)16-10-25-34-28-16)17-11-30-19(26-17)8-15(9-24-30)20(14-4-5-14)29-7-3-6-23-22(29)32/h8-9,11,13-14,18,20,25H,3-7,10,12H2,1-2H3,(H,23,32)(H,27,31). The summed E-state index contributed by atoms with van der Waals surface area (Å²) in [4.78, 5) is 36.5. The van der Waals surface area contributed by atoms with Crippen LogP contribution in [-0.4, -0.2) is 69.5 Å². The van der Waals surface area contributed by atoms with Crippen LogP contribution in [0.3, 0.4) is 0 Å². The maximum atomic E-state index is 12.6. The fourth-order valence-electron chi connectivity index (χ4n) is 4.34. The molecule has 12 heteroatoms. The molecule has 2 aliphatic heterocycles. The van der Waals surface area contributed by atoms with Gasteiger partial charge >= 0.3 is 6.03 Å². The Kier molecular flexibility index (Phi) is 6.33. The van der Waals surface area contributed by atoms with Crippen molar-refractivity contribution in [3.05, 3.63) is 29.7 Å². The molecule has 2 aromatic rings. The Labute approximate surface area is 197 Å². The molecule has 4 heterocycles. The number of aromatic nitrogens is 3. The van der Waals surface area contributed by atoms with Crippen LogP contribution in [0.5, 0.6) is 0 Å². The lowest BCUT2D eigenvalue weighted by atomic mass is 10.0. The molecule has 2 atom stereocenters. The summed E-state index contributed by atoms with van der Waals surface area (Å²) in [6.07, 6.45) is 6.73. The third kappa shape index (κ3) is 4.82. The topological polar surface area (TPSA) is 134 Å². The van der Waals surface area contributed by atoms with E-state index in [9.17, 15) is 9.59 Å². The van der Waals surface area contributed by atoms with Crippen molar-refractivity contribution in [1.29, 1.82) is 0 Å². The van der Waals surface area contributed by atoms with E-state index in [4.69, 9.17) is 14.7 Å². The van der Waals surface area contributed by atoms with Crippen molar-refractivity contribution in [1.82, 2.24) is 35.6 Å². The molecule has 0 bridgehead atoms. The van der Waals surface area contributed by atoms with E-state index in [0.29, 0.717) is 23.8 Å². The first-order valence-electron chi connectivity index (χ1n) is 11.8. The van der Waals surface area contributed by atoms with Gasteiger partial charge in [0.1, 0.15) is 0 Å². The molecule has 0 aromatic carbocycles. The van der Waals surface area contributed by atoms with Gasteiger partial charge < -0.3 is 20.3 Å². The Balaban J connectivity index is 1.41. The van der Waals surface area contributed by atoms with Gasteiger partial charge in [-0.25, -0.2) is 14.3 Å². The summed E-state index contributed by atoms with van der Waals surface area (Å²) in [6.45, 7) is 5.80. The predicted molar refractivity (Wildman–Crippen MR) is 122 cm³/mol. The smallest absolute Gasteiger partial charge is 0.317 e. The number of hydrogen-bond donors (Lipinski definition) is 3. The van der Waals surface area contributed by atoms with Crippen molar-refractivity contribution in [3.8, 4) is 0 Å². The zero-order chi connectivity index (χ0) is 23.7. The van der Waals surface area contributed by atoms with Crippen molar-refractivity contribution >= 4 is 23.3 Å². The van der Waals surface area contributed by atoms with Crippen molar-refractivity contribution in [2.24, 2.45) is 11.1 Å². The molecule has 182 valence electrons. The fraction of sp³-hybridized carbons (Fsp3) is 0.591. The first kappa shape index (κ1) is 22.5. The minimum atomic E-state index is -0.490. The Bertz CT molecular complexity index is 1100. The third-order valence-electron chi connectivity index (χ3n) is 6.20. The van der Waals surface area contributed by atoms with Gasteiger partial charge in [0, 0.05) is 13.1 Å². The van der Waals surface area contributed by atoms with Gasteiger partial charge in [-0.15, -0.1) is 5.48 Å². The molecule has 3 N–H and O–H groups in total. The minimum absolute atomic E-state index is 0.00870. The average molecular weight is 471 g/mol. The second-order valence-electron chi connectivity index (χ2n) is 9.18. The molecule has 3 aliphatic rings. The fourth-order valence-corrected chi connectivity index (χ4v) is 4.34. The Hall–Kier alpha value is -3.25. The molecule has 0 spiro atoms. The zero-order valence-corrected chi connectivity index (χ0v) is 19.4. The maximum Gasteiger partial charge on any atom is 0.317 e. The molecular weight excluding hydrogens is 440 g/mol. The number of urea groups is 1. The van der Waals surface area contributed by atoms with Crippen LogP contribution in [0, 0.1) is 5.92 Å². The summed E-state index contributed by atoms with van der Waals surface area (Å²) >= 11 is 0. The lowest BCUT2D eigenvalue weighted by Crippen LogP contribution is -2.48. The van der Waals surface area contributed by atoms with Crippen LogP contribution < -0.4 is 16.1 Å². The summed E-state index contributed by atoms with van der Waals surface area (Å²) in [5.74, 6) is 0.0926. The van der Waals surface area contributed by atoms with Gasteiger partial charge in [-0.1, -0.05) is 5.16 Å². The minimum Gasteiger partial charge on any atom is -0.376 e. The molecular formula is C22H30N8O4. The number of carbonyl (C=O) groups is 2. The van der Waals surface area contributed by atoms with Gasteiger partial charge in [0.05, 0.1) is 49.4 Å². The number of hydrogen-bond acceptors (Lipinski definition) is 8. The molecule has 0 radical (unpaired) electrons. The van der Waals surface area contributed by atoms with E-state index >= 15 is 0 Å². The first-order chi connectivity index (χ1) is 16.5. The molecule has 2 aromatic heterocycles. The Morgan fingerprint density at radius 3 is 2.94 bits per heavy atom. The van der Waals surface area contributed by atoms with Crippen molar-refractivity contribution in [2.75, 3.05) is 26.2 Å². The molecule has 5 rings (SSSR count). The molecule has 2 fully saturated rings. The van der Waals surface area contributed by atoms with E-state index in [0.717, 1.165) is 31.4 Å². The number of oxime groups is 1. The number of carbonyl (C=O) groups excluding carboxylic acids is 2. The average Bonchev–Trinajstić information content (AvgIpc) is 3.32. The van der Waals surface area contributed by atoms with E-state index < -0.39 is 6.04 Å². The van der Waals surface area contributed by atoms with Crippen LogP contribution in [-0.2, 0) is 14.5 Å². The van der Waals surface area contributed by atoms with E-state index in [1.807, 2.05) is 31.0 Å². The van der Waals surface area contributed by atoms with Crippen LogP contribution >= 0.6 is 0 Å². The number of rotatable bonds is 9. The normalized spacial score (nSPS) is 20.1. The van der Waals surface area contributed by atoms with Crippen molar-refractivity contribution < 1.29 is 19.3 Å². The van der Waals surface area contributed by atoms with E-state index in [1.165, 1.54) is 0 Å². The third-order valence-corrected chi connectivity index (χ3v) is 6.20. The highest BCUT2D eigenvalue weighted by molar-refractivity contribution is 6.39. The summed E-state index contributed by atoms with van der Waals surface area (Å²) in [5.41, 5.74) is 5.06. The van der Waals surface area contributed by atoms with Crippen molar-refractivity contribution in [2.45, 2.75) is 51.3 Å². The number of nitrogens with zero attached hydrogens (tertiary/aromatic N) is 5. The molecule has 2 unspecified atom stereocenters. The molecule has 3 amide bonds. The van der Waals surface area contributed by atoms with Gasteiger partial charge in [-0.3, -0.25) is 9.73 Å². The second-order valence-corrected chi connectivity index (χ2v) is 9.18. The second kappa shape index (κ2) is 9.55. The first-order valence-corrected chi connectivity index (χ1v) is 11.8. The van der Waals surface area contributed by atoms with Crippen LogP contribution in [0.2, 0.25) is 0 Å². The van der Waals surface area contributed by atoms with Crippen LogP contribution in [0.25, 0.3) is 5.65 Å². The van der Waals surface area contributed by atoms with Crippen LogP contribution in [0.15, 0.2) is 23.6 Å². The number of amides is 3. The predicted octanol–water partition coefficient (Wildman–Crippen LogP) is 1.07. The largest absolute Gasteiger partial charge is 0.376 e. The molecule has 1 saturated carbocycles. The number of hydroxylamine groups is 1. The molecule has 1 saturated heterocycles. The number of imidazole rings is 1. The van der Waals surface area contributed by atoms with Gasteiger partial charge in [0.2, 0.25) is 0 Å². The lowest BCUT2D eigenvalue weighted by molar-refractivity contribution is -0.116. The monoisotopic (exact) mass is 470 g/mol. The van der Waals surface area contributed by atoms with Gasteiger partial charge in [-0.05, 0) is 50.7 Å². The maximum absolute atomic E-state index is 12.6. The Morgan fingerprint density at radius 2 is 2.24 bits per heavy atom. The summed E-state index contributed by atoms with van der Waals surface area (Å²) in [6, 6.07) is 1.47. The Morgan fingerprint density at radius 1 is 1.38 bits per heavy atom. The van der Waals surface area contributed by atoms with E-state index in [1.54, 1.807) is 10.7 Å². The van der Waals surface area contributed by atoms with Crippen LogP contribution in [0.4, 0.5) is 4.79 Å². The van der Waals surface area contributed by atoms with Crippen molar-refractivity contribution in [3.63, 3.8) is 0 Å². The molecule has 12 nitrogen and oxygen atoms in total.